The number of carbonyl (C=O) groups excluding carboxylic acids is 3. The normalized spacial score (nSPS) is 14.3. The van der Waals surface area contributed by atoms with Crippen LogP contribution in [0.1, 0.15) is 16.1 Å². The molecule has 3 rings (SSSR count). The van der Waals surface area contributed by atoms with E-state index >= 15 is 0 Å². The first kappa shape index (κ1) is 21.1. The molecule has 2 heterocycles. The maximum atomic E-state index is 12.7. The van der Waals surface area contributed by atoms with Gasteiger partial charge >= 0.3 is 12.4 Å². The van der Waals surface area contributed by atoms with Gasteiger partial charge in [-0.2, -0.15) is 0 Å². The highest BCUT2D eigenvalue weighted by Gasteiger charge is 2.37. The van der Waals surface area contributed by atoms with Crippen molar-refractivity contribution >= 4 is 23.5 Å². The van der Waals surface area contributed by atoms with E-state index in [9.17, 15) is 27.6 Å². The van der Waals surface area contributed by atoms with Gasteiger partial charge in [0, 0.05) is 26.8 Å². The van der Waals surface area contributed by atoms with Crippen LogP contribution in [0.25, 0.3) is 0 Å². The van der Waals surface area contributed by atoms with Crippen LogP contribution in [-0.4, -0.2) is 59.6 Å². The van der Waals surface area contributed by atoms with E-state index in [1.165, 1.54) is 34.2 Å². The molecule has 1 aliphatic heterocycles. The Balaban J connectivity index is 1.74. The Kier molecular flexibility index (Phi) is 5.63. The van der Waals surface area contributed by atoms with Crippen LogP contribution in [0, 0.1) is 0 Å². The van der Waals surface area contributed by atoms with E-state index in [1.54, 1.807) is 20.2 Å². The number of amides is 4. The number of anilines is 1. The maximum Gasteiger partial charge on any atom is 0.573 e. The molecule has 1 aliphatic rings. The summed E-state index contributed by atoms with van der Waals surface area (Å²) in [6.45, 7) is -0.147. The fourth-order valence-corrected chi connectivity index (χ4v) is 2.86. The van der Waals surface area contributed by atoms with E-state index < -0.39 is 24.1 Å². The minimum atomic E-state index is -4.84. The lowest BCUT2D eigenvalue weighted by Gasteiger charge is -2.18. The number of alkyl halides is 3. The van der Waals surface area contributed by atoms with E-state index in [2.05, 4.69) is 9.72 Å². The van der Waals surface area contributed by atoms with Gasteiger partial charge in [0.2, 0.25) is 0 Å². The van der Waals surface area contributed by atoms with E-state index in [1.807, 2.05) is 0 Å². The summed E-state index contributed by atoms with van der Waals surface area (Å²) in [5.74, 6) is -1.29. The number of rotatable bonds is 5. The van der Waals surface area contributed by atoms with E-state index in [-0.39, 0.29) is 30.4 Å². The van der Waals surface area contributed by atoms with Crippen molar-refractivity contribution in [3.05, 3.63) is 53.9 Å². The molecule has 1 aromatic carbocycles. The summed E-state index contributed by atoms with van der Waals surface area (Å²) in [5.41, 5.74) is 0.930. The van der Waals surface area contributed by atoms with Crippen LogP contribution in [0.3, 0.4) is 0 Å². The second-order valence-electron chi connectivity index (χ2n) is 6.66. The van der Waals surface area contributed by atoms with Crippen molar-refractivity contribution in [1.29, 1.82) is 0 Å². The summed E-state index contributed by atoms with van der Waals surface area (Å²) >= 11 is 0. The third-order valence-corrected chi connectivity index (χ3v) is 4.19. The molecule has 158 valence electrons. The Bertz CT molecular complexity index is 976. The number of ether oxygens (including phenoxy) is 1. The second kappa shape index (κ2) is 8.01. The first-order chi connectivity index (χ1) is 14.0. The Morgan fingerprint density at radius 2 is 1.83 bits per heavy atom. The van der Waals surface area contributed by atoms with E-state index in [0.717, 1.165) is 17.0 Å². The van der Waals surface area contributed by atoms with Crippen molar-refractivity contribution in [1.82, 2.24) is 14.8 Å². The van der Waals surface area contributed by atoms with Crippen molar-refractivity contribution < 1.29 is 32.3 Å². The minimum absolute atomic E-state index is 0.0621. The molecule has 0 radical (unpaired) electrons. The fraction of sp³-hybridized carbons (Fsp3) is 0.263. The molecule has 2 aromatic rings. The molecule has 4 amide bonds. The monoisotopic (exact) mass is 422 g/mol. The minimum Gasteiger partial charge on any atom is -0.406 e. The van der Waals surface area contributed by atoms with Crippen molar-refractivity contribution in [2.45, 2.75) is 12.9 Å². The number of benzene rings is 1. The van der Waals surface area contributed by atoms with Crippen LogP contribution in [0.15, 0.2) is 42.6 Å². The van der Waals surface area contributed by atoms with Gasteiger partial charge in [0.05, 0.1) is 5.69 Å². The highest BCUT2D eigenvalue weighted by molar-refractivity contribution is 6.19. The molecule has 30 heavy (non-hydrogen) atoms. The lowest BCUT2D eigenvalue weighted by atomic mass is 10.2. The first-order valence-corrected chi connectivity index (χ1v) is 8.69. The molecule has 1 fully saturated rings. The number of nitrogens with zero attached hydrogens (tertiary/aromatic N) is 4. The SMILES string of the molecule is CN(C)C(=O)c1cc(CN2CC(=O)N(c3ccc(OC(F)(F)F)cc3)C2=O)ccn1. The quantitative estimate of drug-likeness (QED) is 0.692. The van der Waals surface area contributed by atoms with Gasteiger partial charge in [0.1, 0.15) is 18.0 Å². The Morgan fingerprint density at radius 1 is 1.17 bits per heavy atom. The molecule has 0 atom stereocenters. The molecule has 11 heteroatoms. The molecule has 1 saturated heterocycles. The van der Waals surface area contributed by atoms with Gasteiger partial charge in [0.25, 0.3) is 11.8 Å². The molecule has 1 aromatic heterocycles. The van der Waals surface area contributed by atoms with Crippen LogP contribution in [-0.2, 0) is 11.3 Å². The van der Waals surface area contributed by atoms with Crippen molar-refractivity contribution in [2.75, 3.05) is 25.5 Å². The number of urea groups is 1. The number of carbonyl (C=O) groups is 3. The van der Waals surface area contributed by atoms with Crippen LogP contribution in [0.4, 0.5) is 23.7 Å². The van der Waals surface area contributed by atoms with Gasteiger partial charge in [-0.15, -0.1) is 13.2 Å². The topological polar surface area (TPSA) is 83.0 Å². The number of hydrogen-bond acceptors (Lipinski definition) is 5. The lowest BCUT2D eigenvalue weighted by Crippen LogP contribution is -2.32. The van der Waals surface area contributed by atoms with E-state index in [4.69, 9.17) is 0 Å². The molecule has 8 nitrogen and oxygen atoms in total. The number of hydrogen-bond donors (Lipinski definition) is 0. The van der Waals surface area contributed by atoms with Crippen molar-refractivity contribution in [3.8, 4) is 5.75 Å². The molecule has 0 aliphatic carbocycles. The third kappa shape index (κ3) is 4.67. The molecule has 0 saturated carbocycles. The van der Waals surface area contributed by atoms with Crippen LogP contribution in [0.5, 0.6) is 5.75 Å². The predicted molar refractivity (Wildman–Crippen MR) is 98.7 cm³/mol. The van der Waals surface area contributed by atoms with Crippen molar-refractivity contribution in [3.63, 3.8) is 0 Å². The molecule has 0 spiro atoms. The zero-order valence-electron chi connectivity index (χ0n) is 16.0. The summed E-state index contributed by atoms with van der Waals surface area (Å²) in [4.78, 5) is 44.6. The fourth-order valence-electron chi connectivity index (χ4n) is 2.86. The lowest BCUT2D eigenvalue weighted by molar-refractivity contribution is -0.274. The predicted octanol–water partition coefficient (Wildman–Crippen LogP) is 2.65. The average molecular weight is 422 g/mol. The Morgan fingerprint density at radius 3 is 2.43 bits per heavy atom. The maximum absolute atomic E-state index is 12.7. The Hall–Kier alpha value is -3.63. The smallest absolute Gasteiger partial charge is 0.406 e. The summed E-state index contributed by atoms with van der Waals surface area (Å²) in [7, 11) is 3.17. The number of pyridine rings is 1. The molecule has 0 bridgehead atoms. The molecular weight excluding hydrogens is 405 g/mol. The average Bonchev–Trinajstić information content (AvgIpc) is 2.94. The second-order valence-corrected chi connectivity index (χ2v) is 6.66. The first-order valence-electron chi connectivity index (χ1n) is 8.69. The van der Waals surface area contributed by atoms with Crippen LogP contribution < -0.4 is 9.64 Å². The highest BCUT2D eigenvalue weighted by atomic mass is 19.4. The summed E-state index contributed by atoms with van der Waals surface area (Å²) in [6.07, 6.45) is -3.40. The van der Waals surface area contributed by atoms with Gasteiger partial charge in [-0.05, 0) is 42.0 Å². The summed E-state index contributed by atoms with van der Waals surface area (Å²) in [6, 6.07) is 6.97. The van der Waals surface area contributed by atoms with Crippen LogP contribution >= 0.6 is 0 Å². The number of halogens is 3. The standard InChI is InChI=1S/C19H17F3N4O4/c1-24(2)17(28)15-9-12(7-8-23-15)10-25-11-16(27)26(18(25)29)13-3-5-14(6-4-13)30-19(20,21)22/h3-9H,10-11H2,1-2H3. The van der Waals surface area contributed by atoms with Gasteiger partial charge in [-0.3, -0.25) is 14.6 Å². The van der Waals surface area contributed by atoms with Gasteiger partial charge in [-0.1, -0.05) is 0 Å². The van der Waals surface area contributed by atoms with Gasteiger partial charge in [0.15, 0.2) is 0 Å². The number of imide groups is 1. The Labute approximate surface area is 169 Å². The molecule has 0 unspecified atom stereocenters. The summed E-state index contributed by atoms with van der Waals surface area (Å²) < 4.78 is 40.6. The number of aromatic nitrogens is 1. The van der Waals surface area contributed by atoms with Crippen LogP contribution in [0.2, 0.25) is 0 Å². The van der Waals surface area contributed by atoms with Crippen molar-refractivity contribution in [2.24, 2.45) is 0 Å². The zero-order chi connectivity index (χ0) is 22.1. The summed E-state index contributed by atoms with van der Waals surface area (Å²) in [5, 5.41) is 0. The third-order valence-electron chi connectivity index (χ3n) is 4.19. The highest BCUT2D eigenvalue weighted by Crippen LogP contribution is 2.28. The molecular formula is C19H17F3N4O4. The molecule has 0 N–H and O–H groups in total. The largest absolute Gasteiger partial charge is 0.573 e. The van der Waals surface area contributed by atoms with Gasteiger partial charge in [-0.25, -0.2) is 9.69 Å². The van der Waals surface area contributed by atoms with Gasteiger partial charge < -0.3 is 14.5 Å². The van der Waals surface area contributed by atoms with E-state index in [0.29, 0.717) is 5.56 Å². The zero-order valence-corrected chi connectivity index (χ0v) is 16.0.